The summed E-state index contributed by atoms with van der Waals surface area (Å²) < 4.78 is 3.09. The molecule has 9 nitrogen and oxygen atoms in total. The van der Waals surface area contributed by atoms with Crippen molar-refractivity contribution in [2.75, 3.05) is 12.4 Å². The molecule has 1 amide bonds. The lowest BCUT2D eigenvalue weighted by molar-refractivity contribution is 0.0962. The summed E-state index contributed by atoms with van der Waals surface area (Å²) in [6.45, 7) is 6.78. The molecule has 2 N–H and O–H groups in total. The van der Waals surface area contributed by atoms with Crippen LogP contribution in [0.1, 0.15) is 10.5 Å². The van der Waals surface area contributed by atoms with Crippen LogP contribution in [0, 0.1) is 6.57 Å². The molecule has 0 aliphatic heterocycles. The Morgan fingerprint density at radius 2 is 2.12 bits per heavy atom. The zero-order valence-corrected chi connectivity index (χ0v) is 13.1. The fourth-order valence-corrected chi connectivity index (χ4v) is 2.66. The van der Waals surface area contributed by atoms with Crippen LogP contribution in [0.25, 0.3) is 27.3 Å². The number of hydrogen-bond acceptors (Lipinski definition) is 5. The van der Waals surface area contributed by atoms with Gasteiger partial charge in [0.2, 0.25) is 0 Å². The maximum Gasteiger partial charge on any atom is 0.338 e. The summed E-state index contributed by atoms with van der Waals surface area (Å²) in [6, 6.07) is 9.56. The van der Waals surface area contributed by atoms with Gasteiger partial charge in [-0.3, -0.25) is 4.79 Å². The number of hydrogen-bond donors (Lipinski definition) is 2. The molecule has 25 heavy (non-hydrogen) atoms. The van der Waals surface area contributed by atoms with Crippen LogP contribution in [-0.2, 0) is 0 Å². The summed E-state index contributed by atoms with van der Waals surface area (Å²) >= 11 is 0. The number of fused-ring (bicyclic) bond motifs is 2. The number of carbonyl (C=O) groups is 1. The van der Waals surface area contributed by atoms with Crippen molar-refractivity contribution in [2.45, 2.75) is 0 Å². The molecule has 0 fully saturated rings. The van der Waals surface area contributed by atoms with Gasteiger partial charge in [-0.25, -0.2) is 14.2 Å². The van der Waals surface area contributed by atoms with Gasteiger partial charge in [-0.2, -0.15) is 16.6 Å². The third kappa shape index (κ3) is 2.24. The second kappa shape index (κ2) is 5.61. The smallest absolute Gasteiger partial charge is 0.338 e. The Morgan fingerprint density at radius 1 is 1.28 bits per heavy atom. The molecule has 1 aromatic carbocycles. The highest BCUT2D eigenvalue weighted by molar-refractivity contribution is 5.94. The van der Waals surface area contributed by atoms with Gasteiger partial charge in [0.15, 0.2) is 17.2 Å². The summed E-state index contributed by atoms with van der Waals surface area (Å²) in [5.41, 5.74) is 4.30. The average Bonchev–Trinajstić information content (AvgIpc) is 3.25. The van der Waals surface area contributed by atoms with E-state index >= 15 is 0 Å². The first-order chi connectivity index (χ1) is 12.2. The van der Waals surface area contributed by atoms with Gasteiger partial charge in [-0.1, -0.05) is 18.2 Å². The molecule has 122 valence electrons. The maximum atomic E-state index is 12.1. The lowest BCUT2D eigenvalue weighted by Crippen LogP contribution is -2.19. The van der Waals surface area contributed by atoms with E-state index in [0.717, 1.165) is 10.9 Å². The van der Waals surface area contributed by atoms with Crippen molar-refractivity contribution in [3.63, 3.8) is 0 Å². The number of benzene rings is 1. The first-order valence-corrected chi connectivity index (χ1v) is 7.39. The molecule has 3 heterocycles. The number of rotatable bonds is 3. The molecular weight excluding hydrogens is 320 g/mol. The number of anilines is 1. The van der Waals surface area contributed by atoms with Crippen LogP contribution < -0.4 is 10.7 Å². The minimum Gasteiger partial charge on any atom is -0.385 e. The van der Waals surface area contributed by atoms with Crippen LogP contribution in [0.3, 0.4) is 0 Å². The predicted molar refractivity (Wildman–Crippen MR) is 91.2 cm³/mol. The van der Waals surface area contributed by atoms with Crippen LogP contribution in [0.15, 0.2) is 42.7 Å². The van der Waals surface area contributed by atoms with Gasteiger partial charge in [0, 0.05) is 18.5 Å². The first kappa shape index (κ1) is 14.6. The van der Waals surface area contributed by atoms with Crippen LogP contribution in [-0.4, -0.2) is 37.3 Å². The molecule has 0 saturated heterocycles. The highest BCUT2D eigenvalue weighted by Gasteiger charge is 2.19. The van der Waals surface area contributed by atoms with Crippen LogP contribution >= 0.6 is 0 Å². The van der Waals surface area contributed by atoms with Crippen molar-refractivity contribution in [3.05, 3.63) is 59.9 Å². The largest absolute Gasteiger partial charge is 0.385 e. The average molecular weight is 332 g/mol. The number of nitrogens with zero attached hydrogens (tertiary/aromatic N) is 6. The van der Waals surface area contributed by atoms with E-state index in [9.17, 15) is 4.79 Å². The minimum absolute atomic E-state index is 0.167. The second-order valence-corrected chi connectivity index (χ2v) is 5.21. The molecule has 0 saturated carbocycles. The second-order valence-electron chi connectivity index (χ2n) is 5.21. The third-order valence-corrected chi connectivity index (χ3v) is 3.81. The molecule has 0 aliphatic rings. The molecule has 3 aromatic heterocycles. The molecular formula is C16H12N8O. The fraction of sp³-hybridized carbons (Fsp3) is 0.0625. The molecule has 0 aliphatic carbocycles. The van der Waals surface area contributed by atoms with Gasteiger partial charge in [0.05, 0.1) is 23.6 Å². The van der Waals surface area contributed by atoms with Gasteiger partial charge in [-0.05, 0) is 11.5 Å². The highest BCUT2D eigenvalue weighted by atomic mass is 16.2. The highest BCUT2D eigenvalue weighted by Crippen LogP contribution is 2.22. The quantitative estimate of drug-likeness (QED) is 0.440. The summed E-state index contributed by atoms with van der Waals surface area (Å²) in [4.78, 5) is 19.2. The van der Waals surface area contributed by atoms with Gasteiger partial charge >= 0.3 is 5.91 Å². The summed E-state index contributed by atoms with van der Waals surface area (Å²) in [5.74, 6) is -0.0487. The number of imidazole rings is 1. The topological polar surface area (TPSA) is 93.5 Å². The molecule has 4 aromatic rings. The van der Waals surface area contributed by atoms with Gasteiger partial charge in [0.25, 0.3) is 0 Å². The molecule has 0 spiro atoms. The Bertz CT molecular complexity index is 1150. The number of aromatic nitrogens is 5. The van der Waals surface area contributed by atoms with E-state index in [0.29, 0.717) is 17.2 Å². The lowest BCUT2D eigenvalue weighted by atomic mass is 10.2. The molecule has 0 unspecified atom stereocenters. The van der Waals surface area contributed by atoms with Gasteiger partial charge < -0.3 is 5.32 Å². The van der Waals surface area contributed by atoms with E-state index in [2.05, 4.69) is 30.9 Å². The van der Waals surface area contributed by atoms with E-state index in [-0.39, 0.29) is 5.69 Å². The Kier molecular flexibility index (Phi) is 3.29. The Labute approximate surface area is 141 Å². The number of amides is 1. The van der Waals surface area contributed by atoms with Crippen molar-refractivity contribution in [3.8, 4) is 5.82 Å². The Balaban J connectivity index is 1.97. The molecule has 0 atom stereocenters. The van der Waals surface area contributed by atoms with Crippen LogP contribution in [0.5, 0.6) is 0 Å². The summed E-state index contributed by atoms with van der Waals surface area (Å²) in [6.07, 6.45) is 3.13. The standard InChI is InChI=1S/C16H12N8O/c1-17-11-7-14(23-12-6-4-3-5-10(12)8-20-23)22-24-13(9-19-15(11)24)16(25)21-18-2/h3-9,17H,1H3,(H,21,25). The number of carbonyl (C=O) groups excluding carboxylic acids is 1. The third-order valence-electron chi connectivity index (χ3n) is 3.81. The van der Waals surface area contributed by atoms with Crippen LogP contribution in [0.2, 0.25) is 0 Å². The van der Waals surface area contributed by atoms with E-state index in [1.807, 2.05) is 24.3 Å². The SMILES string of the molecule is [C-]#[N+]NC(=O)c1cnc2c(NC)cc(-n3ncc4ccccc43)nn12. The zero-order chi connectivity index (χ0) is 17.4. The monoisotopic (exact) mass is 332 g/mol. The van der Waals surface area contributed by atoms with E-state index < -0.39 is 5.91 Å². The normalized spacial score (nSPS) is 10.7. The van der Waals surface area contributed by atoms with E-state index in [1.54, 1.807) is 24.0 Å². The summed E-state index contributed by atoms with van der Waals surface area (Å²) in [7, 11) is 1.76. The van der Waals surface area contributed by atoms with Crippen molar-refractivity contribution >= 4 is 28.1 Å². The maximum absolute atomic E-state index is 12.1. The predicted octanol–water partition coefficient (Wildman–Crippen LogP) is 1.67. The molecule has 4 rings (SSSR count). The fourth-order valence-electron chi connectivity index (χ4n) is 2.66. The van der Waals surface area contributed by atoms with E-state index in [1.165, 1.54) is 10.7 Å². The first-order valence-electron chi connectivity index (χ1n) is 7.39. The number of nitrogens with one attached hydrogen (secondary N) is 2. The molecule has 0 bridgehead atoms. The Hall–Kier alpha value is -3.93. The zero-order valence-electron chi connectivity index (χ0n) is 13.1. The van der Waals surface area contributed by atoms with Gasteiger partial charge in [0.1, 0.15) is 0 Å². The van der Waals surface area contributed by atoms with E-state index in [4.69, 9.17) is 6.57 Å². The van der Waals surface area contributed by atoms with Crippen LogP contribution in [0.4, 0.5) is 5.69 Å². The number of para-hydroxylation sites is 1. The molecule has 9 heteroatoms. The Morgan fingerprint density at radius 3 is 2.92 bits per heavy atom. The van der Waals surface area contributed by atoms with Crippen molar-refractivity contribution in [1.82, 2.24) is 29.8 Å². The lowest BCUT2D eigenvalue weighted by Gasteiger charge is -2.08. The van der Waals surface area contributed by atoms with Crippen molar-refractivity contribution in [1.29, 1.82) is 0 Å². The minimum atomic E-state index is -0.570. The van der Waals surface area contributed by atoms with Crippen molar-refractivity contribution in [2.24, 2.45) is 0 Å². The van der Waals surface area contributed by atoms with Gasteiger partial charge in [-0.15, -0.1) is 5.10 Å². The molecule has 0 radical (unpaired) electrons. The van der Waals surface area contributed by atoms with Crippen molar-refractivity contribution < 1.29 is 4.79 Å². The summed E-state index contributed by atoms with van der Waals surface area (Å²) in [5, 5.41) is 12.9.